The van der Waals surface area contributed by atoms with E-state index >= 15 is 0 Å². The number of hydrogen-bond acceptors (Lipinski definition) is 3. The van der Waals surface area contributed by atoms with E-state index in [1.54, 1.807) is 0 Å². The average Bonchev–Trinajstić information content (AvgIpc) is 2.95. The number of benzene rings is 2. The highest BCUT2D eigenvalue weighted by Crippen LogP contribution is 2.26. The fourth-order valence-electron chi connectivity index (χ4n) is 2.57. The van der Waals surface area contributed by atoms with Gasteiger partial charge in [0.05, 0.1) is 13.2 Å². The Hall–Kier alpha value is -2.00. The van der Waals surface area contributed by atoms with Crippen LogP contribution < -0.4 is 15.2 Å². The number of rotatable bonds is 5. The second-order valence-electron chi connectivity index (χ2n) is 5.50. The van der Waals surface area contributed by atoms with Crippen LogP contribution in [0.2, 0.25) is 0 Å². The summed E-state index contributed by atoms with van der Waals surface area (Å²) >= 11 is 0. The quantitative estimate of drug-likeness (QED) is 0.916. The summed E-state index contributed by atoms with van der Waals surface area (Å²) in [5.74, 6) is 1.92. The normalized spacial score (nSPS) is 14.4. The van der Waals surface area contributed by atoms with E-state index in [0.717, 1.165) is 36.5 Å². The van der Waals surface area contributed by atoms with E-state index in [4.69, 9.17) is 15.2 Å². The fourth-order valence-corrected chi connectivity index (χ4v) is 2.57. The maximum Gasteiger partial charge on any atom is 0.122 e. The van der Waals surface area contributed by atoms with Crippen molar-refractivity contribution in [3.8, 4) is 11.5 Å². The van der Waals surface area contributed by atoms with Crippen LogP contribution >= 0.6 is 0 Å². The van der Waals surface area contributed by atoms with Crippen molar-refractivity contribution in [1.82, 2.24) is 0 Å². The first-order valence-electron chi connectivity index (χ1n) is 7.45. The van der Waals surface area contributed by atoms with Crippen LogP contribution in [-0.4, -0.2) is 13.2 Å². The molecular weight excluding hydrogens is 262 g/mol. The zero-order chi connectivity index (χ0) is 14.7. The van der Waals surface area contributed by atoms with Crippen molar-refractivity contribution >= 4 is 0 Å². The van der Waals surface area contributed by atoms with Crippen LogP contribution in [-0.2, 0) is 12.8 Å². The van der Waals surface area contributed by atoms with Gasteiger partial charge in [0.25, 0.3) is 0 Å². The summed E-state index contributed by atoms with van der Waals surface area (Å²) < 4.78 is 11.4. The molecule has 3 nitrogen and oxygen atoms in total. The summed E-state index contributed by atoms with van der Waals surface area (Å²) in [5, 5.41) is 0. The predicted octanol–water partition coefficient (Wildman–Crippen LogP) is 3.26. The van der Waals surface area contributed by atoms with Gasteiger partial charge in [0.2, 0.25) is 0 Å². The van der Waals surface area contributed by atoms with Crippen molar-refractivity contribution < 1.29 is 9.47 Å². The monoisotopic (exact) mass is 283 g/mol. The maximum atomic E-state index is 5.89. The van der Waals surface area contributed by atoms with Crippen molar-refractivity contribution in [2.45, 2.75) is 25.8 Å². The maximum absolute atomic E-state index is 5.89. The fraction of sp³-hybridized carbons (Fsp3) is 0.333. The molecule has 0 amide bonds. The van der Waals surface area contributed by atoms with Gasteiger partial charge < -0.3 is 15.2 Å². The lowest BCUT2D eigenvalue weighted by atomic mass is 10.1. The van der Waals surface area contributed by atoms with E-state index in [1.807, 2.05) is 31.2 Å². The van der Waals surface area contributed by atoms with Crippen LogP contribution in [0.4, 0.5) is 0 Å². The molecule has 1 aliphatic rings. The Labute approximate surface area is 125 Å². The first kappa shape index (κ1) is 14.0. The summed E-state index contributed by atoms with van der Waals surface area (Å²) in [6, 6.07) is 14.4. The molecule has 0 spiro atoms. The van der Waals surface area contributed by atoms with Crippen molar-refractivity contribution in [3.63, 3.8) is 0 Å². The van der Waals surface area contributed by atoms with Crippen LogP contribution in [0.5, 0.6) is 11.5 Å². The molecule has 1 heterocycles. The molecule has 0 saturated carbocycles. The van der Waals surface area contributed by atoms with Crippen LogP contribution in [0.15, 0.2) is 42.5 Å². The molecule has 0 aromatic heterocycles. The Bertz CT molecular complexity index is 622. The van der Waals surface area contributed by atoms with Gasteiger partial charge in [-0.05, 0) is 41.8 Å². The van der Waals surface area contributed by atoms with Crippen molar-refractivity contribution in [2.24, 2.45) is 5.73 Å². The van der Waals surface area contributed by atoms with Gasteiger partial charge in [-0.2, -0.15) is 0 Å². The lowest BCUT2D eigenvalue weighted by Crippen LogP contribution is -2.06. The van der Waals surface area contributed by atoms with Crippen LogP contribution in [0.1, 0.15) is 29.7 Å². The summed E-state index contributed by atoms with van der Waals surface area (Å²) in [4.78, 5) is 0. The Morgan fingerprint density at radius 3 is 3.00 bits per heavy atom. The second-order valence-corrected chi connectivity index (χ2v) is 5.50. The summed E-state index contributed by atoms with van der Waals surface area (Å²) in [7, 11) is 0. The summed E-state index contributed by atoms with van der Waals surface area (Å²) in [6.07, 6.45) is 1.91. The number of fused-ring (bicyclic) bond motifs is 1. The first-order valence-corrected chi connectivity index (χ1v) is 7.45. The molecule has 3 heteroatoms. The zero-order valence-corrected chi connectivity index (χ0v) is 12.3. The molecule has 3 rings (SSSR count). The van der Waals surface area contributed by atoms with Gasteiger partial charge in [0, 0.05) is 18.9 Å². The Morgan fingerprint density at radius 2 is 2.14 bits per heavy atom. The van der Waals surface area contributed by atoms with Crippen molar-refractivity contribution in [2.75, 3.05) is 13.2 Å². The largest absolute Gasteiger partial charge is 0.493 e. The molecule has 0 radical (unpaired) electrons. The predicted molar refractivity (Wildman–Crippen MR) is 83.9 cm³/mol. The van der Waals surface area contributed by atoms with E-state index < -0.39 is 0 Å². The molecule has 0 bridgehead atoms. The molecule has 2 aromatic rings. The third-order valence-corrected chi connectivity index (χ3v) is 3.80. The van der Waals surface area contributed by atoms with E-state index in [0.29, 0.717) is 6.61 Å². The minimum absolute atomic E-state index is 0.0326. The average molecular weight is 283 g/mol. The highest BCUT2D eigenvalue weighted by atomic mass is 16.5. The van der Waals surface area contributed by atoms with E-state index in [1.165, 1.54) is 11.1 Å². The van der Waals surface area contributed by atoms with Gasteiger partial charge in [-0.1, -0.05) is 24.3 Å². The molecule has 1 unspecified atom stereocenters. The van der Waals surface area contributed by atoms with Crippen LogP contribution in [0, 0.1) is 0 Å². The molecule has 2 aromatic carbocycles. The highest BCUT2D eigenvalue weighted by Gasteiger charge is 2.11. The van der Waals surface area contributed by atoms with Crippen molar-refractivity contribution in [1.29, 1.82) is 0 Å². The highest BCUT2D eigenvalue weighted by molar-refractivity contribution is 5.40. The second kappa shape index (κ2) is 6.19. The molecule has 110 valence electrons. The van der Waals surface area contributed by atoms with Gasteiger partial charge in [0.15, 0.2) is 0 Å². The Kier molecular flexibility index (Phi) is 4.11. The van der Waals surface area contributed by atoms with E-state index in [9.17, 15) is 0 Å². The van der Waals surface area contributed by atoms with E-state index in [2.05, 4.69) is 18.2 Å². The van der Waals surface area contributed by atoms with Crippen LogP contribution in [0.3, 0.4) is 0 Å². The smallest absolute Gasteiger partial charge is 0.122 e. The minimum atomic E-state index is 0.0326. The Balaban J connectivity index is 1.57. The lowest BCUT2D eigenvalue weighted by molar-refractivity contribution is 0.321. The lowest BCUT2D eigenvalue weighted by Gasteiger charge is -2.10. The summed E-state index contributed by atoms with van der Waals surface area (Å²) in [5.41, 5.74) is 9.59. The topological polar surface area (TPSA) is 44.5 Å². The number of hydrogen-bond donors (Lipinski definition) is 1. The van der Waals surface area contributed by atoms with Gasteiger partial charge in [-0.25, -0.2) is 0 Å². The van der Waals surface area contributed by atoms with Crippen molar-refractivity contribution in [3.05, 3.63) is 59.2 Å². The standard InChI is InChI=1S/C18H21NO2/c1-13(19)15-3-2-4-17(12-15)20-9-7-14-5-6-18-16(11-14)8-10-21-18/h2-6,11-13H,7-10,19H2,1H3. The van der Waals surface area contributed by atoms with Gasteiger partial charge in [0.1, 0.15) is 11.5 Å². The third-order valence-electron chi connectivity index (χ3n) is 3.80. The number of ether oxygens (including phenoxy) is 2. The summed E-state index contributed by atoms with van der Waals surface area (Å²) in [6.45, 7) is 3.45. The molecule has 1 aliphatic heterocycles. The first-order chi connectivity index (χ1) is 10.2. The van der Waals surface area contributed by atoms with Gasteiger partial charge in [-0.3, -0.25) is 0 Å². The molecular formula is C18H21NO2. The van der Waals surface area contributed by atoms with E-state index in [-0.39, 0.29) is 6.04 Å². The Morgan fingerprint density at radius 1 is 1.24 bits per heavy atom. The SMILES string of the molecule is CC(N)c1cccc(OCCc2ccc3c(c2)CCO3)c1. The molecule has 21 heavy (non-hydrogen) atoms. The number of nitrogens with two attached hydrogens (primary N) is 1. The molecule has 1 atom stereocenters. The van der Waals surface area contributed by atoms with Crippen LogP contribution in [0.25, 0.3) is 0 Å². The molecule has 0 saturated heterocycles. The zero-order valence-electron chi connectivity index (χ0n) is 12.3. The molecule has 0 fully saturated rings. The molecule has 0 aliphatic carbocycles. The minimum Gasteiger partial charge on any atom is -0.493 e. The van der Waals surface area contributed by atoms with Gasteiger partial charge in [-0.15, -0.1) is 0 Å². The molecule has 2 N–H and O–H groups in total. The van der Waals surface area contributed by atoms with Gasteiger partial charge >= 0.3 is 0 Å². The third kappa shape index (κ3) is 3.37.